The van der Waals surface area contributed by atoms with Gasteiger partial charge in [-0.3, -0.25) is 4.79 Å². The summed E-state index contributed by atoms with van der Waals surface area (Å²) < 4.78 is 40.1. The van der Waals surface area contributed by atoms with Gasteiger partial charge in [-0.25, -0.2) is 0 Å². The number of alkyl halides is 3. The Morgan fingerprint density at radius 1 is 1.47 bits per heavy atom. The Hall–Kier alpha value is -2.02. The van der Waals surface area contributed by atoms with Crippen LogP contribution in [-0.2, 0) is 10.4 Å². The first-order chi connectivity index (χ1) is 8.76. The second-order valence-corrected chi connectivity index (χ2v) is 4.06. The lowest BCUT2D eigenvalue weighted by molar-refractivity contribution is -0.274. The zero-order valence-electron chi connectivity index (χ0n) is 9.62. The monoisotopic (exact) mass is 273 g/mol. The van der Waals surface area contributed by atoms with Crippen LogP contribution in [0, 0.1) is 0 Å². The summed E-state index contributed by atoms with van der Waals surface area (Å²) in [6, 6.07) is 3.30. The Bertz CT molecular complexity index is 542. The first-order valence-electron chi connectivity index (χ1n) is 5.31. The van der Waals surface area contributed by atoms with Crippen LogP contribution in [0.3, 0.4) is 0 Å². The molecule has 1 amide bonds. The van der Waals surface area contributed by atoms with Gasteiger partial charge >= 0.3 is 6.36 Å². The summed E-state index contributed by atoms with van der Waals surface area (Å²) in [5, 5.41) is 12.6. The fourth-order valence-corrected chi connectivity index (χ4v) is 1.93. The number of hydrogen-bond acceptors (Lipinski definition) is 3. The Labute approximate surface area is 106 Å². The zero-order chi connectivity index (χ0) is 14.3. The second-order valence-electron chi connectivity index (χ2n) is 4.06. The largest absolute Gasteiger partial charge is 0.573 e. The highest BCUT2D eigenvalue weighted by Crippen LogP contribution is 2.41. The predicted molar refractivity (Wildman–Crippen MR) is 60.5 cm³/mol. The molecule has 0 aliphatic carbocycles. The second kappa shape index (κ2) is 4.27. The molecule has 0 saturated carbocycles. The van der Waals surface area contributed by atoms with Gasteiger partial charge in [-0.1, -0.05) is 6.08 Å². The number of carbonyl (C=O) groups is 1. The molecular formula is C12H10F3NO3. The van der Waals surface area contributed by atoms with Gasteiger partial charge in [0.15, 0.2) is 5.60 Å². The molecule has 1 aromatic rings. The first kappa shape index (κ1) is 13.4. The van der Waals surface area contributed by atoms with E-state index in [0.29, 0.717) is 0 Å². The number of hydrogen-bond donors (Lipinski definition) is 2. The Balaban J connectivity index is 2.42. The molecule has 1 aliphatic heterocycles. The molecule has 1 aromatic carbocycles. The lowest BCUT2D eigenvalue weighted by atomic mass is 9.92. The number of ether oxygens (including phenoxy) is 1. The Morgan fingerprint density at radius 3 is 2.74 bits per heavy atom. The van der Waals surface area contributed by atoms with Crippen molar-refractivity contribution in [3.8, 4) is 5.75 Å². The van der Waals surface area contributed by atoms with Crippen molar-refractivity contribution in [3.63, 3.8) is 0 Å². The van der Waals surface area contributed by atoms with Crippen molar-refractivity contribution < 1.29 is 27.8 Å². The van der Waals surface area contributed by atoms with Gasteiger partial charge in [-0.05, 0) is 18.2 Å². The maximum atomic E-state index is 12.1. The van der Waals surface area contributed by atoms with E-state index in [1.165, 1.54) is 12.1 Å². The molecule has 102 valence electrons. The lowest BCUT2D eigenvalue weighted by Gasteiger charge is -2.19. The number of amides is 1. The normalized spacial score (nSPS) is 21.8. The van der Waals surface area contributed by atoms with Crippen molar-refractivity contribution in [2.24, 2.45) is 0 Å². The van der Waals surface area contributed by atoms with Gasteiger partial charge < -0.3 is 15.2 Å². The molecule has 0 radical (unpaired) electrons. The summed E-state index contributed by atoms with van der Waals surface area (Å²) in [5.74, 6) is -1.20. The fourth-order valence-electron chi connectivity index (χ4n) is 1.93. The summed E-state index contributed by atoms with van der Waals surface area (Å²) in [6.07, 6.45) is -3.63. The van der Waals surface area contributed by atoms with Crippen molar-refractivity contribution in [3.05, 3.63) is 36.4 Å². The van der Waals surface area contributed by atoms with Crippen LogP contribution in [-0.4, -0.2) is 17.4 Å². The lowest BCUT2D eigenvalue weighted by Crippen LogP contribution is -2.33. The summed E-state index contributed by atoms with van der Waals surface area (Å²) in [4.78, 5) is 11.7. The maximum Gasteiger partial charge on any atom is 0.573 e. The van der Waals surface area contributed by atoms with Gasteiger partial charge in [0.05, 0.1) is 0 Å². The van der Waals surface area contributed by atoms with Gasteiger partial charge in [0, 0.05) is 17.7 Å². The highest BCUT2D eigenvalue weighted by Gasteiger charge is 2.44. The number of anilines is 1. The van der Waals surface area contributed by atoms with E-state index in [1.807, 2.05) is 0 Å². The molecule has 2 N–H and O–H groups in total. The van der Waals surface area contributed by atoms with Gasteiger partial charge in [0.1, 0.15) is 5.75 Å². The van der Waals surface area contributed by atoms with E-state index in [4.69, 9.17) is 0 Å². The topological polar surface area (TPSA) is 58.6 Å². The molecule has 0 spiro atoms. The van der Waals surface area contributed by atoms with Crippen molar-refractivity contribution in [1.82, 2.24) is 0 Å². The molecule has 0 fully saturated rings. The number of fused-ring (bicyclic) bond motifs is 1. The van der Waals surface area contributed by atoms with Crippen LogP contribution in [0.1, 0.15) is 12.0 Å². The molecule has 0 bridgehead atoms. The summed E-state index contributed by atoms with van der Waals surface area (Å²) in [6.45, 7) is 3.41. The van der Waals surface area contributed by atoms with E-state index in [-0.39, 0.29) is 17.7 Å². The average Bonchev–Trinajstić information content (AvgIpc) is 2.51. The smallest absolute Gasteiger partial charge is 0.406 e. The van der Waals surface area contributed by atoms with Gasteiger partial charge in [0.25, 0.3) is 5.91 Å². The molecular weight excluding hydrogens is 263 g/mol. The predicted octanol–water partition coefficient (Wildman–Crippen LogP) is 2.30. The number of nitrogens with one attached hydrogen (secondary N) is 1. The zero-order valence-corrected chi connectivity index (χ0v) is 9.62. The number of carbonyl (C=O) groups excluding carboxylic acids is 1. The van der Waals surface area contributed by atoms with Crippen LogP contribution < -0.4 is 10.1 Å². The number of benzene rings is 1. The van der Waals surface area contributed by atoms with Gasteiger partial charge in [-0.15, -0.1) is 19.8 Å². The third kappa shape index (κ3) is 2.41. The van der Waals surface area contributed by atoms with Crippen LogP contribution >= 0.6 is 0 Å². The molecule has 0 aromatic heterocycles. The van der Waals surface area contributed by atoms with E-state index in [9.17, 15) is 23.1 Å². The van der Waals surface area contributed by atoms with Crippen molar-refractivity contribution in [1.29, 1.82) is 0 Å². The van der Waals surface area contributed by atoms with Crippen LogP contribution in [0.4, 0.5) is 18.9 Å². The molecule has 1 aliphatic rings. The highest BCUT2D eigenvalue weighted by molar-refractivity contribution is 6.05. The minimum atomic E-state index is -4.83. The molecule has 19 heavy (non-hydrogen) atoms. The van der Waals surface area contributed by atoms with Crippen LogP contribution in [0.25, 0.3) is 0 Å². The Kier molecular flexibility index (Phi) is 3.01. The quantitative estimate of drug-likeness (QED) is 0.831. The molecule has 0 unspecified atom stereocenters. The minimum absolute atomic E-state index is 0.0409. The van der Waals surface area contributed by atoms with Crippen LogP contribution in [0.5, 0.6) is 5.75 Å². The first-order valence-corrected chi connectivity index (χ1v) is 5.31. The average molecular weight is 273 g/mol. The summed E-state index contributed by atoms with van der Waals surface area (Å²) >= 11 is 0. The molecule has 2 rings (SSSR count). The number of aliphatic hydroxyl groups is 1. The molecule has 1 heterocycles. The van der Waals surface area contributed by atoms with Crippen LogP contribution in [0.2, 0.25) is 0 Å². The molecule has 1 atom stereocenters. The third-order valence-electron chi connectivity index (χ3n) is 2.73. The van der Waals surface area contributed by atoms with E-state index in [2.05, 4.69) is 16.6 Å². The number of halogens is 3. The van der Waals surface area contributed by atoms with Crippen LogP contribution in [0.15, 0.2) is 30.9 Å². The van der Waals surface area contributed by atoms with E-state index in [1.54, 1.807) is 0 Å². The van der Waals surface area contributed by atoms with Gasteiger partial charge in [-0.2, -0.15) is 0 Å². The molecule has 0 saturated heterocycles. The highest BCUT2D eigenvalue weighted by atomic mass is 19.4. The summed E-state index contributed by atoms with van der Waals surface area (Å²) in [7, 11) is 0. The molecule has 7 heteroatoms. The third-order valence-corrected chi connectivity index (χ3v) is 2.73. The van der Waals surface area contributed by atoms with E-state index >= 15 is 0 Å². The minimum Gasteiger partial charge on any atom is -0.406 e. The van der Waals surface area contributed by atoms with Gasteiger partial charge in [0.2, 0.25) is 0 Å². The SMILES string of the molecule is C=CC[C@]1(O)C(=O)Nc2ccc(OC(F)(F)F)cc21. The van der Waals surface area contributed by atoms with E-state index in [0.717, 1.165) is 12.1 Å². The molecule has 4 nitrogen and oxygen atoms in total. The van der Waals surface area contributed by atoms with Crippen molar-refractivity contribution in [2.75, 3.05) is 5.32 Å². The number of rotatable bonds is 3. The van der Waals surface area contributed by atoms with Crippen molar-refractivity contribution in [2.45, 2.75) is 18.4 Å². The fraction of sp³-hybridized carbons (Fsp3) is 0.250. The van der Waals surface area contributed by atoms with E-state index < -0.39 is 23.6 Å². The maximum absolute atomic E-state index is 12.1. The standard InChI is InChI=1S/C12H10F3NO3/c1-2-5-11(18)8-6-7(19-12(13,14)15)3-4-9(8)16-10(11)17/h2-4,6,18H,1,5H2,(H,16,17)/t11-/m1/s1. The summed E-state index contributed by atoms with van der Waals surface area (Å²) in [5.41, 5.74) is -1.62. The Morgan fingerprint density at radius 2 is 2.16 bits per heavy atom. The van der Waals surface area contributed by atoms with Crippen molar-refractivity contribution >= 4 is 11.6 Å².